The van der Waals surface area contributed by atoms with Crippen molar-refractivity contribution in [3.05, 3.63) is 34.3 Å². The van der Waals surface area contributed by atoms with E-state index in [9.17, 15) is 0 Å². The van der Waals surface area contributed by atoms with E-state index in [-0.39, 0.29) is 24.0 Å². The van der Waals surface area contributed by atoms with Gasteiger partial charge in [0.2, 0.25) is 0 Å². The van der Waals surface area contributed by atoms with Crippen LogP contribution in [0.25, 0.3) is 0 Å². The number of halogens is 2. The molecule has 3 nitrogen and oxygen atoms in total. The Morgan fingerprint density at radius 1 is 1.50 bits per heavy atom. The van der Waals surface area contributed by atoms with Crippen molar-refractivity contribution in [3.8, 4) is 0 Å². The number of nitrogens with one attached hydrogen (secondary N) is 1. The fraction of sp³-hybridized carbons (Fsp3) is 0.364. The fourth-order valence-corrected chi connectivity index (χ4v) is 1.57. The van der Waals surface area contributed by atoms with Gasteiger partial charge in [-0.05, 0) is 24.1 Å². The van der Waals surface area contributed by atoms with Crippen molar-refractivity contribution in [2.24, 2.45) is 10.7 Å². The standard InChI is InChI=1S/C11H16BrN3.HI/c1-2-6-14-11(13)15-8-9-4-3-5-10(12)7-9;/h3-5,7H,2,6,8H2,1H3,(H3,13,14,15);1H. The minimum atomic E-state index is 0. The summed E-state index contributed by atoms with van der Waals surface area (Å²) in [4.78, 5) is 4.24. The van der Waals surface area contributed by atoms with Gasteiger partial charge in [-0.15, -0.1) is 24.0 Å². The molecule has 1 aromatic rings. The molecule has 0 saturated carbocycles. The first kappa shape index (κ1) is 15.7. The summed E-state index contributed by atoms with van der Waals surface area (Å²) in [6.07, 6.45) is 1.05. The zero-order valence-corrected chi connectivity index (χ0v) is 13.2. The van der Waals surface area contributed by atoms with Gasteiger partial charge in [0.1, 0.15) is 0 Å². The van der Waals surface area contributed by atoms with Crippen LogP contribution >= 0.6 is 39.9 Å². The maximum Gasteiger partial charge on any atom is 0.188 e. The zero-order valence-electron chi connectivity index (χ0n) is 9.24. The molecular weight excluding hydrogens is 381 g/mol. The monoisotopic (exact) mass is 397 g/mol. The highest BCUT2D eigenvalue weighted by molar-refractivity contribution is 14.0. The van der Waals surface area contributed by atoms with Gasteiger partial charge in [0, 0.05) is 11.0 Å². The first-order valence-corrected chi connectivity index (χ1v) is 5.80. The van der Waals surface area contributed by atoms with E-state index in [4.69, 9.17) is 5.73 Å². The van der Waals surface area contributed by atoms with Crippen molar-refractivity contribution < 1.29 is 0 Å². The number of hydrogen-bond acceptors (Lipinski definition) is 1. The molecule has 0 aliphatic heterocycles. The highest BCUT2D eigenvalue weighted by atomic mass is 127. The Bertz CT molecular complexity index is 342. The van der Waals surface area contributed by atoms with Crippen molar-refractivity contribution in [1.29, 1.82) is 0 Å². The number of nitrogens with two attached hydrogens (primary N) is 1. The largest absolute Gasteiger partial charge is 0.370 e. The topological polar surface area (TPSA) is 50.4 Å². The molecule has 0 aliphatic rings. The molecule has 0 heterocycles. The Kier molecular flexibility index (Phi) is 8.64. The third-order valence-corrected chi connectivity index (χ3v) is 2.37. The highest BCUT2D eigenvalue weighted by Gasteiger charge is 1.93. The fourth-order valence-electron chi connectivity index (χ4n) is 1.12. The van der Waals surface area contributed by atoms with E-state index >= 15 is 0 Å². The molecule has 0 aliphatic carbocycles. The van der Waals surface area contributed by atoms with Gasteiger partial charge in [-0.25, -0.2) is 4.99 Å². The number of nitrogens with zero attached hydrogens (tertiary/aromatic N) is 1. The molecule has 1 aromatic carbocycles. The summed E-state index contributed by atoms with van der Waals surface area (Å²) in [7, 11) is 0. The van der Waals surface area contributed by atoms with Crippen molar-refractivity contribution in [2.45, 2.75) is 19.9 Å². The molecule has 0 fully saturated rings. The smallest absolute Gasteiger partial charge is 0.188 e. The van der Waals surface area contributed by atoms with Crippen LogP contribution < -0.4 is 11.1 Å². The summed E-state index contributed by atoms with van der Waals surface area (Å²) in [5, 5.41) is 3.03. The maximum atomic E-state index is 5.67. The minimum absolute atomic E-state index is 0. The van der Waals surface area contributed by atoms with Crippen LogP contribution in [0, 0.1) is 0 Å². The lowest BCUT2D eigenvalue weighted by atomic mass is 10.2. The van der Waals surface area contributed by atoms with E-state index in [0.29, 0.717) is 12.5 Å². The molecule has 5 heteroatoms. The highest BCUT2D eigenvalue weighted by Crippen LogP contribution is 2.11. The molecule has 0 unspecified atom stereocenters. The van der Waals surface area contributed by atoms with Gasteiger partial charge in [0.25, 0.3) is 0 Å². The molecule has 0 spiro atoms. The molecule has 0 amide bonds. The van der Waals surface area contributed by atoms with Crippen molar-refractivity contribution in [2.75, 3.05) is 6.54 Å². The Hall–Kier alpha value is -0.300. The van der Waals surface area contributed by atoms with Gasteiger partial charge >= 0.3 is 0 Å². The SMILES string of the molecule is CCCNC(N)=NCc1cccc(Br)c1.I. The van der Waals surface area contributed by atoms with Crippen LogP contribution in [0.2, 0.25) is 0 Å². The summed E-state index contributed by atoms with van der Waals surface area (Å²) < 4.78 is 1.07. The molecule has 0 atom stereocenters. The molecule has 0 radical (unpaired) electrons. The summed E-state index contributed by atoms with van der Waals surface area (Å²) in [6, 6.07) is 8.05. The van der Waals surface area contributed by atoms with Gasteiger partial charge in [0.15, 0.2) is 5.96 Å². The third kappa shape index (κ3) is 6.32. The molecule has 0 aromatic heterocycles. The predicted molar refractivity (Wildman–Crippen MR) is 83.2 cm³/mol. The Labute approximate surface area is 122 Å². The first-order chi connectivity index (χ1) is 7.22. The summed E-state index contributed by atoms with van der Waals surface area (Å²) >= 11 is 3.42. The van der Waals surface area contributed by atoms with Crippen LogP contribution in [-0.2, 0) is 6.54 Å². The first-order valence-electron chi connectivity index (χ1n) is 5.00. The van der Waals surface area contributed by atoms with Gasteiger partial charge in [0.05, 0.1) is 6.54 Å². The summed E-state index contributed by atoms with van der Waals surface area (Å²) in [5.74, 6) is 0.511. The minimum Gasteiger partial charge on any atom is -0.370 e. The molecule has 16 heavy (non-hydrogen) atoms. The number of rotatable bonds is 4. The Morgan fingerprint density at radius 3 is 2.88 bits per heavy atom. The van der Waals surface area contributed by atoms with Crippen LogP contribution in [0.3, 0.4) is 0 Å². The van der Waals surface area contributed by atoms with Crippen LogP contribution in [0.15, 0.2) is 33.7 Å². The van der Waals surface area contributed by atoms with E-state index in [1.807, 2.05) is 24.3 Å². The van der Waals surface area contributed by atoms with Crippen molar-refractivity contribution in [3.63, 3.8) is 0 Å². The number of hydrogen-bond donors (Lipinski definition) is 2. The Balaban J connectivity index is 0.00000225. The molecule has 0 saturated heterocycles. The molecule has 90 valence electrons. The van der Waals surface area contributed by atoms with Gasteiger partial charge < -0.3 is 11.1 Å². The lowest BCUT2D eigenvalue weighted by Gasteiger charge is -2.03. The van der Waals surface area contributed by atoms with Crippen molar-refractivity contribution >= 4 is 45.9 Å². The lowest BCUT2D eigenvalue weighted by molar-refractivity contribution is 0.825. The Morgan fingerprint density at radius 2 is 2.25 bits per heavy atom. The average molecular weight is 398 g/mol. The van der Waals surface area contributed by atoms with E-state index in [1.165, 1.54) is 0 Å². The second-order valence-corrected chi connectivity index (χ2v) is 4.17. The molecule has 3 N–H and O–H groups in total. The van der Waals surface area contributed by atoms with E-state index in [0.717, 1.165) is 23.0 Å². The van der Waals surface area contributed by atoms with Crippen molar-refractivity contribution in [1.82, 2.24) is 5.32 Å². The maximum absolute atomic E-state index is 5.67. The van der Waals surface area contributed by atoms with Crippen LogP contribution in [0.4, 0.5) is 0 Å². The molecule has 0 bridgehead atoms. The predicted octanol–water partition coefficient (Wildman–Crippen LogP) is 2.88. The van der Waals surface area contributed by atoms with Gasteiger partial charge in [-0.2, -0.15) is 0 Å². The van der Waals surface area contributed by atoms with Crippen LogP contribution in [0.5, 0.6) is 0 Å². The molecule has 1 rings (SSSR count). The molecular formula is C11H17BrIN3. The van der Waals surface area contributed by atoms with Crippen LogP contribution in [0.1, 0.15) is 18.9 Å². The normalized spacial score (nSPS) is 10.8. The summed E-state index contributed by atoms with van der Waals surface area (Å²) in [6.45, 7) is 3.57. The zero-order chi connectivity index (χ0) is 11.1. The van der Waals surface area contributed by atoms with Gasteiger partial charge in [-0.3, -0.25) is 0 Å². The van der Waals surface area contributed by atoms with E-state index < -0.39 is 0 Å². The third-order valence-electron chi connectivity index (χ3n) is 1.88. The quantitative estimate of drug-likeness (QED) is 0.466. The van der Waals surface area contributed by atoms with Crippen LogP contribution in [-0.4, -0.2) is 12.5 Å². The number of guanidine groups is 1. The van der Waals surface area contributed by atoms with E-state index in [2.05, 4.69) is 33.2 Å². The second-order valence-electron chi connectivity index (χ2n) is 3.26. The summed E-state index contributed by atoms with van der Waals surface area (Å²) in [5.41, 5.74) is 6.82. The lowest BCUT2D eigenvalue weighted by Crippen LogP contribution is -2.32. The average Bonchev–Trinajstić information content (AvgIpc) is 2.23. The second kappa shape index (κ2) is 8.81. The number of aliphatic imine (C=N–C) groups is 1. The van der Waals surface area contributed by atoms with E-state index in [1.54, 1.807) is 0 Å². The number of benzene rings is 1. The van der Waals surface area contributed by atoms with Gasteiger partial charge in [-0.1, -0.05) is 35.0 Å².